The fraction of sp³-hybridized carbons (Fsp3) is 0.462. The SMILES string of the molecule is Cc1cc(F)ccc1C(=O)OCCOC(C)C. The molecule has 1 aromatic rings. The van der Waals surface area contributed by atoms with Crippen LogP contribution in [0.4, 0.5) is 4.39 Å². The third-order valence-corrected chi connectivity index (χ3v) is 2.18. The summed E-state index contributed by atoms with van der Waals surface area (Å²) < 4.78 is 23.1. The van der Waals surface area contributed by atoms with E-state index in [1.165, 1.54) is 18.2 Å². The topological polar surface area (TPSA) is 35.5 Å². The lowest BCUT2D eigenvalue weighted by Gasteiger charge is -2.09. The highest BCUT2D eigenvalue weighted by molar-refractivity contribution is 5.90. The molecule has 0 N–H and O–H groups in total. The van der Waals surface area contributed by atoms with Crippen molar-refractivity contribution in [1.29, 1.82) is 0 Å². The van der Waals surface area contributed by atoms with Gasteiger partial charge in [0, 0.05) is 0 Å². The second kappa shape index (κ2) is 6.35. The van der Waals surface area contributed by atoms with Gasteiger partial charge in [-0.2, -0.15) is 0 Å². The molecule has 1 rings (SSSR count). The average molecular weight is 240 g/mol. The Labute approximate surface area is 101 Å². The largest absolute Gasteiger partial charge is 0.460 e. The van der Waals surface area contributed by atoms with Crippen LogP contribution < -0.4 is 0 Å². The Kier molecular flexibility index (Phi) is 5.10. The van der Waals surface area contributed by atoms with Gasteiger partial charge in [-0.25, -0.2) is 9.18 Å². The van der Waals surface area contributed by atoms with E-state index in [1.807, 2.05) is 13.8 Å². The molecular weight excluding hydrogens is 223 g/mol. The molecule has 0 aliphatic carbocycles. The Hall–Kier alpha value is -1.42. The first-order valence-corrected chi connectivity index (χ1v) is 5.55. The molecule has 0 aliphatic rings. The summed E-state index contributed by atoms with van der Waals surface area (Å²) in [5.74, 6) is -0.808. The molecule has 0 fully saturated rings. The van der Waals surface area contributed by atoms with E-state index in [0.717, 1.165) is 0 Å². The molecule has 0 saturated heterocycles. The summed E-state index contributed by atoms with van der Waals surface area (Å²) in [6.45, 7) is 6.06. The Morgan fingerprint density at radius 3 is 2.65 bits per heavy atom. The van der Waals surface area contributed by atoms with Crippen LogP contribution in [0.3, 0.4) is 0 Å². The molecule has 0 heterocycles. The van der Waals surface area contributed by atoms with Crippen molar-refractivity contribution in [2.45, 2.75) is 26.9 Å². The Bertz CT molecular complexity index is 388. The maximum Gasteiger partial charge on any atom is 0.338 e. The van der Waals surface area contributed by atoms with Gasteiger partial charge in [0.1, 0.15) is 12.4 Å². The standard InChI is InChI=1S/C13H17FO3/c1-9(2)16-6-7-17-13(15)12-5-4-11(14)8-10(12)3/h4-5,8-9H,6-7H2,1-3H3. The van der Waals surface area contributed by atoms with Gasteiger partial charge in [0.15, 0.2) is 0 Å². The summed E-state index contributed by atoms with van der Waals surface area (Å²) in [6.07, 6.45) is 0.112. The van der Waals surface area contributed by atoms with Crippen molar-refractivity contribution in [2.75, 3.05) is 13.2 Å². The number of hydrogen-bond acceptors (Lipinski definition) is 3. The molecule has 1 aromatic carbocycles. The van der Waals surface area contributed by atoms with E-state index in [1.54, 1.807) is 6.92 Å². The lowest BCUT2D eigenvalue weighted by molar-refractivity contribution is 0.0176. The third-order valence-electron chi connectivity index (χ3n) is 2.18. The summed E-state index contributed by atoms with van der Waals surface area (Å²) >= 11 is 0. The monoisotopic (exact) mass is 240 g/mol. The number of halogens is 1. The Balaban J connectivity index is 2.47. The Morgan fingerprint density at radius 2 is 2.06 bits per heavy atom. The predicted molar refractivity (Wildman–Crippen MR) is 62.5 cm³/mol. The van der Waals surface area contributed by atoms with Crippen LogP contribution in [0.2, 0.25) is 0 Å². The number of ether oxygens (including phenoxy) is 2. The Morgan fingerprint density at radius 1 is 1.35 bits per heavy atom. The summed E-state index contributed by atoms with van der Waals surface area (Å²) in [4.78, 5) is 11.6. The number of carbonyl (C=O) groups excluding carboxylic acids is 1. The van der Waals surface area contributed by atoms with Gasteiger partial charge >= 0.3 is 5.97 Å². The van der Waals surface area contributed by atoms with Gasteiger partial charge in [-0.3, -0.25) is 0 Å². The van der Waals surface area contributed by atoms with Gasteiger partial charge in [0.05, 0.1) is 18.3 Å². The molecule has 0 amide bonds. The van der Waals surface area contributed by atoms with E-state index in [9.17, 15) is 9.18 Å². The summed E-state index contributed by atoms with van der Waals surface area (Å²) in [5.41, 5.74) is 0.954. The van der Waals surface area contributed by atoms with Gasteiger partial charge in [0.2, 0.25) is 0 Å². The molecule has 0 atom stereocenters. The zero-order valence-electron chi connectivity index (χ0n) is 10.3. The molecule has 0 aromatic heterocycles. The fourth-order valence-corrected chi connectivity index (χ4v) is 1.35. The van der Waals surface area contributed by atoms with Crippen LogP contribution in [-0.4, -0.2) is 25.3 Å². The molecule has 4 heteroatoms. The van der Waals surface area contributed by atoms with Gasteiger partial charge < -0.3 is 9.47 Å². The molecule has 0 bridgehead atoms. The van der Waals surface area contributed by atoms with E-state index in [2.05, 4.69) is 0 Å². The number of benzene rings is 1. The second-order valence-electron chi connectivity index (χ2n) is 4.01. The predicted octanol–water partition coefficient (Wildman–Crippen LogP) is 2.72. The number of aryl methyl sites for hydroxylation is 1. The average Bonchev–Trinajstić information content (AvgIpc) is 2.23. The van der Waals surface area contributed by atoms with Crippen LogP contribution in [0.5, 0.6) is 0 Å². The normalized spacial score (nSPS) is 10.6. The zero-order valence-corrected chi connectivity index (χ0v) is 10.3. The molecule has 0 saturated carbocycles. The molecule has 0 aliphatic heterocycles. The van der Waals surface area contributed by atoms with Crippen molar-refractivity contribution in [2.24, 2.45) is 0 Å². The third kappa shape index (κ3) is 4.53. The molecule has 0 unspecified atom stereocenters. The van der Waals surface area contributed by atoms with Gasteiger partial charge in [-0.05, 0) is 44.5 Å². The molecule has 94 valence electrons. The van der Waals surface area contributed by atoms with E-state index >= 15 is 0 Å². The molecular formula is C13H17FO3. The van der Waals surface area contributed by atoms with Crippen LogP contribution in [0.15, 0.2) is 18.2 Å². The van der Waals surface area contributed by atoms with Crippen molar-refractivity contribution in [3.05, 3.63) is 35.1 Å². The highest BCUT2D eigenvalue weighted by atomic mass is 19.1. The first-order valence-electron chi connectivity index (χ1n) is 5.55. The summed E-state index contributed by atoms with van der Waals surface area (Å²) in [5, 5.41) is 0. The first-order chi connectivity index (χ1) is 8.00. The van der Waals surface area contributed by atoms with Crippen molar-refractivity contribution in [1.82, 2.24) is 0 Å². The molecule has 0 radical (unpaired) electrons. The van der Waals surface area contributed by atoms with E-state index < -0.39 is 5.97 Å². The molecule has 17 heavy (non-hydrogen) atoms. The highest BCUT2D eigenvalue weighted by Crippen LogP contribution is 2.11. The van der Waals surface area contributed by atoms with E-state index in [-0.39, 0.29) is 18.5 Å². The van der Waals surface area contributed by atoms with Crippen LogP contribution in [0.1, 0.15) is 29.8 Å². The van der Waals surface area contributed by atoms with Gasteiger partial charge in [-0.1, -0.05) is 0 Å². The number of rotatable bonds is 5. The second-order valence-corrected chi connectivity index (χ2v) is 4.01. The minimum Gasteiger partial charge on any atom is -0.460 e. The fourth-order valence-electron chi connectivity index (χ4n) is 1.35. The molecule has 3 nitrogen and oxygen atoms in total. The van der Waals surface area contributed by atoms with E-state index in [0.29, 0.717) is 17.7 Å². The first kappa shape index (κ1) is 13.6. The smallest absolute Gasteiger partial charge is 0.338 e. The lowest BCUT2D eigenvalue weighted by atomic mass is 10.1. The number of carbonyl (C=O) groups is 1. The lowest BCUT2D eigenvalue weighted by Crippen LogP contribution is -2.14. The summed E-state index contributed by atoms with van der Waals surface area (Å²) in [6, 6.07) is 3.98. The zero-order chi connectivity index (χ0) is 12.8. The summed E-state index contributed by atoms with van der Waals surface area (Å²) in [7, 11) is 0. The van der Waals surface area contributed by atoms with Crippen LogP contribution >= 0.6 is 0 Å². The van der Waals surface area contributed by atoms with Crippen molar-refractivity contribution >= 4 is 5.97 Å². The maximum absolute atomic E-state index is 12.8. The van der Waals surface area contributed by atoms with Crippen LogP contribution in [-0.2, 0) is 9.47 Å². The maximum atomic E-state index is 12.8. The number of hydrogen-bond donors (Lipinski definition) is 0. The minimum absolute atomic E-state index is 0.112. The minimum atomic E-state index is -0.449. The highest BCUT2D eigenvalue weighted by Gasteiger charge is 2.10. The van der Waals surface area contributed by atoms with Gasteiger partial charge in [-0.15, -0.1) is 0 Å². The molecule has 0 spiro atoms. The van der Waals surface area contributed by atoms with Crippen molar-refractivity contribution in [3.8, 4) is 0 Å². The van der Waals surface area contributed by atoms with Crippen LogP contribution in [0, 0.1) is 12.7 Å². The number of esters is 1. The van der Waals surface area contributed by atoms with Gasteiger partial charge in [0.25, 0.3) is 0 Å². The van der Waals surface area contributed by atoms with Crippen molar-refractivity contribution in [3.63, 3.8) is 0 Å². The van der Waals surface area contributed by atoms with E-state index in [4.69, 9.17) is 9.47 Å². The quantitative estimate of drug-likeness (QED) is 0.586. The van der Waals surface area contributed by atoms with Crippen LogP contribution in [0.25, 0.3) is 0 Å². The van der Waals surface area contributed by atoms with Crippen molar-refractivity contribution < 1.29 is 18.7 Å².